The van der Waals surface area contributed by atoms with Crippen LogP contribution in [0.15, 0.2) is 30.3 Å². The Morgan fingerprint density at radius 2 is 2.00 bits per heavy atom. The lowest BCUT2D eigenvalue weighted by atomic mass is 10.1. The number of rotatable bonds is 3. The molecule has 1 aromatic carbocycles. The Morgan fingerprint density at radius 3 is 2.50 bits per heavy atom. The van der Waals surface area contributed by atoms with E-state index in [1.807, 2.05) is 30.3 Å². The summed E-state index contributed by atoms with van der Waals surface area (Å²) in [5.74, 6) is 0. The van der Waals surface area contributed by atoms with Crippen molar-refractivity contribution in [2.24, 2.45) is 5.73 Å². The molecule has 0 saturated carbocycles. The Morgan fingerprint density at radius 1 is 1.42 bits per heavy atom. The van der Waals surface area contributed by atoms with Gasteiger partial charge in [-0.3, -0.25) is 4.79 Å². The maximum Gasteiger partial charge on any atom is 0.223 e. The Kier molecular flexibility index (Phi) is 3.26. The van der Waals surface area contributed by atoms with E-state index in [0.29, 0.717) is 0 Å². The topological polar surface area (TPSA) is 43.1 Å². The van der Waals surface area contributed by atoms with Gasteiger partial charge in [0.25, 0.3) is 0 Å². The molecule has 2 nitrogen and oxygen atoms in total. The molecule has 12 heavy (non-hydrogen) atoms. The molecule has 1 atom stereocenters. The Bertz CT molecular complexity index is 260. The van der Waals surface area contributed by atoms with Gasteiger partial charge in [0.1, 0.15) is 0 Å². The van der Waals surface area contributed by atoms with Crippen molar-refractivity contribution in [3.05, 3.63) is 35.9 Å². The number of benzene rings is 1. The third kappa shape index (κ3) is 2.64. The average Bonchev–Trinajstić information content (AvgIpc) is 2.05. The zero-order chi connectivity index (χ0) is 8.97. The summed E-state index contributed by atoms with van der Waals surface area (Å²) in [7, 11) is 0. The van der Waals surface area contributed by atoms with Crippen molar-refractivity contribution in [2.45, 2.75) is 12.5 Å². The minimum Gasteiger partial charge on any atom is -0.324 e. The average molecular weight is 184 g/mol. The molecule has 0 bridgehead atoms. The maximum atomic E-state index is 10.5. The van der Waals surface area contributed by atoms with Crippen molar-refractivity contribution in [1.29, 1.82) is 0 Å². The fraction of sp³-hybridized carbons (Fsp3) is 0.222. The van der Waals surface area contributed by atoms with Gasteiger partial charge < -0.3 is 5.73 Å². The van der Waals surface area contributed by atoms with E-state index in [-0.39, 0.29) is 12.5 Å². The van der Waals surface area contributed by atoms with E-state index in [4.69, 9.17) is 17.3 Å². The maximum absolute atomic E-state index is 10.5. The monoisotopic (exact) mass is 183 g/mol. The zero-order valence-electron chi connectivity index (χ0n) is 6.53. The second kappa shape index (κ2) is 4.24. The molecule has 64 valence electrons. The van der Waals surface area contributed by atoms with E-state index in [1.54, 1.807) is 0 Å². The van der Waals surface area contributed by atoms with Crippen molar-refractivity contribution in [2.75, 3.05) is 0 Å². The number of carbonyl (C=O) groups is 1. The van der Waals surface area contributed by atoms with E-state index in [1.165, 1.54) is 0 Å². The van der Waals surface area contributed by atoms with Crippen LogP contribution in [0.1, 0.15) is 18.0 Å². The fourth-order valence-corrected chi connectivity index (χ4v) is 1.16. The second-order valence-corrected chi connectivity index (χ2v) is 3.00. The van der Waals surface area contributed by atoms with Crippen LogP contribution in [0, 0.1) is 0 Å². The highest BCUT2D eigenvalue weighted by atomic mass is 35.5. The predicted molar refractivity (Wildman–Crippen MR) is 48.8 cm³/mol. The van der Waals surface area contributed by atoms with Gasteiger partial charge in [0.15, 0.2) is 0 Å². The SMILES string of the molecule is NC(CC(=O)Cl)c1ccccc1. The molecule has 0 aromatic heterocycles. The van der Waals surface area contributed by atoms with Crippen LogP contribution < -0.4 is 5.73 Å². The van der Waals surface area contributed by atoms with Crippen LogP contribution in [-0.2, 0) is 4.79 Å². The second-order valence-electron chi connectivity index (χ2n) is 2.58. The molecule has 2 N–H and O–H groups in total. The lowest BCUT2D eigenvalue weighted by Gasteiger charge is -2.07. The summed E-state index contributed by atoms with van der Waals surface area (Å²) in [6.45, 7) is 0. The molecule has 1 unspecified atom stereocenters. The molecular weight excluding hydrogens is 174 g/mol. The van der Waals surface area contributed by atoms with Crippen molar-refractivity contribution < 1.29 is 4.79 Å². The van der Waals surface area contributed by atoms with Gasteiger partial charge >= 0.3 is 0 Å². The number of hydrogen-bond acceptors (Lipinski definition) is 2. The molecule has 3 heteroatoms. The van der Waals surface area contributed by atoms with Crippen molar-refractivity contribution in [3.63, 3.8) is 0 Å². The van der Waals surface area contributed by atoms with Gasteiger partial charge in [-0.25, -0.2) is 0 Å². The third-order valence-corrected chi connectivity index (χ3v) is 1.76. The van der Waals surface area contributed by atoms with E-state index in [2.05, 4.69) is 0 Å². The highest BCUT2D eigenvalue weighted by Gasteiger charge is 2.08. The number of carbonyl (C=O) groups excluding carboxylic acids is 1. The molecule has 0 saturated heterocycles. The van der Waals surface area contributed by atoms with Gasteiger partial charge in [-0.1, -0.05) is 30.3 Å². The first-order valence-electron chi connectivity index (χ1n) is 3.69. The molecule has 1 rings (SSSR count). The van der Waals surface area contributed by atoms with Crippen molar-refractivity contribution in [1.82, 2.24) is 0 Å². The largest absolute Gasteiger partial charge is 0.324 e. The number of halogens is 1. The molecule has 0 aliphatic rings. The van der Waals surface area contributed by atoms with Crippen LogP contribution in [0.5, 0.6) is 0 Å². The number of nitrogens with two attached hydrogens (primary N) is 1. The molecule has 0 amide bonds. The Hall–Kier alpha value is -0.860. The summed E-state index contributed by atoms with van der Waals surface area (Å²) >= 11 is 5.20. The molecule has 0 fully saturated rings. The van der Waals surface area contributed by atoms with Gasteiger partial charge in [0.05, 0.1) is 0 Å². The quantitative estimate of drug-likeness (QED) is 0.727. The number of hydrogen-bond donors (Lipinski definition) is 1. The van der Waals surface area contributed by atoms with Crippen LogP contribution >= 0.6 is 11.6 Å². The van der Waals surface area contributed by atoms with E-state index in [0.717, 1.165) is 5.56 Å². The van der Waals surface area contributed by atoms with Crippen LogP contribution in [0.4, 0.5) is 0 Å². The van der Waals surface area contributed by atoms with E-state index >= 15 is 0 Å². The van der Waals surface area contributed by atoms with Gasteiger partial charge in [0, 0.05) is 12.5 Å². The van der Waals surface area contributed by atoms with Crippen molar-refractivity contribution in [3.8, 4) is 0 Å². The lowest BCUT2D eigenvalue weighted by molar-refractivity contribution is -0.112. The summed E-state index contributed by atoms with van der Waals surface area (Å²) in [5, 5.41) is -0.397. The summed E-state index contributed by atoms with van der Waals surface area (Å²) in [6.07, 6.45) is 0.186. The van der Waals surface area contributed by atoms with Crippen LogP contribution in [0.25, 0.3) is 0 Å². The normalized spacial score (nSPS) is 12.5. The van der Waals surface area contributed by atoms with E-state index in [9.17, 15) is 4.79 Å². The summed E-state index contributed by atoms with van der Waals surface area (Å²) in [4.78, 5) is 10.5. The van der Waals surface area contributed by atoms with Gasteiger partial charge in [-0.2, -0.15) is 0 Å². The standard InChI is InChI=1S/C9H10ClNO/c10-9(12)6-8(11)7-4-2-1-3-5-7/h1-5,8H,6,11H2. The first kappa shape index (κ1) is 9.23. The highest BCUT2D eigenvalue weighted by Crippen LogP contribution is 2.13. The minimum absolute atomic E-state index is 0.186. The predicted octanol–water partition coefficient (Wildman–Crippen LogP) is 1.84. The Balaban J connectivity index is 2.65. The van der Waals surface area contributed by atoms with E-state index < -0.39 is 5.24 Å². The molecule has 1 aromatic rings. The lowest BCUT2D eigenvalue weighted by Crippen LogP contribution is -2.12. The first-order chi connectivity index (χ1) is 5.70. The van der Waals surface area contributed by atoms with Crippen LogP contribution in [0.2, 0.25) is 0 Å². The smallest absolute Gasteiger partial charge is 0.223 e. The Labute approximate surface area is 76.3 Å². The zero-order valence-corrected chi connectivity index (χ0v) is 7.29. The third-order valence-electron chi connectivity index (χ3n) is 1.61. The summed E-state index contributed by atoms with van der Waals surface area (Å²) in [6, 6.07) is 9.14. The molecular formula is C9H10ClNO. The van der Waals surface area contributed by atoms with Gasteiger partial charge in [-0.05, 0) is 17.2 Å². The van der Waals surface area contributed by atoms with Crippen molar-refractivity contribution >= 4 is 16.8 Å². The molecule has 0 aliphatic carbocycles. The molecule has 0 heterocycles. The van der Waals surface area contributed by atoms with Crippen LogP contribution in [-0.4, -0.2) is 5.24 Å². The van der Waals surface area contributed by atoms with Gasteiger partial charge in [-0.15, -0.1) is 0 Å². The molecule has 0 radical (unpaired) electrons. The van der Waals surface area contributed by atoms with Crippen LogP contribution in [0.3, 0.4) is 0 Å². The minimum atomic E-state index is -0.397. The summed E-state index contributed by atoms with van der Waals surface area (Å²) < 4.78 is 0. The molecule has 0 aliphatic heterocycles. The molecule has 0 spiro atoms. The van der Waals surface area contributed by atoms with Gasteiger partial charge in [0.2, 0.25) is 5.24 Å². The summed E-state index contributed by atoms with van der Waals surface area (Å²) in [5.41, 5.74) is 6.63. The highest BCUT2D eigenvalue weighted by molar-refractivity contribution is 6.63. The first-order valence-corrected chi connectivity index (χ1v) is 4.07. The fourth-order valence-electron chi connectivity index (χ4n) is 0.991.